The molecule has 0 aliphatic rings. The average molecular weight is 523 g/mol. The molecule has 7 heteroatoms. The van der Waals surface area contributed by atoms with Crippen molar-refractivity contribution < 1.29 is 18.3 Å². The molecule has 0 aromatic heterocycles. The number of amides is 1. The number of nitrogens with zero attached hydrogens (tertiary/aromatic N) is 2. The number of rotatable bonds is 11. The number of aliphatic hydroxyl groups excluding tert-OH is 1. The van der Waals surface area contributed by atoms with Crippen LogP contribution in [0.15, 0.2) is 83.8 Å². The Morgan fingerprint density at radius 2 is 1.49 bits per heavy atom. The van der Waals surface area contributed by atoms with Gasteiger partial charge in [0, 0.05) is 19.7 Å². The van der Waals surface area contributed by atoms with E-state index in [0.29, 0.717) is 31.6 Å². The summed E-state index contributed by atoms with van der Waals surface area (Å²) in [5, 5.41) is 9.24. The summed E-state index contributed by atoms with van der Waals surface area (Å²) in [5.74, 6) is -0.294. The van der Waals surface area contributed by atoms with Gasteiger partial charge < -0.3 is 10.0 Å². The number of sulfonamides is 1. The van der Waals surface area contributed by atoms with E-state index in [-0.39, 0.29) is 29.4 Å². The maximum absolute atomic E-state index is 13.9. The maximum atomic E-state index is 13.9. The highest BCUT2D eigenvalue weighted by molar-refractivity contribution is 7.92. The van der Waals surface area contributed by atoms with Crippen LogP contribution in [-0.4, -0.2) is 44.0 Å². The minimum atomic E-state index is -4.01. The molecule has 0 aliphatic heterocycles. The Labute approximate surface area is 221 Å². The minimum Gasteiger partial charge on any atom is -0.396 e. The summed E-state index contributed by atoms with van der Waals surface area (Å²) in [6.07, 6.45) is 1.19. The fraction of sp³-hybridized carbons (Fsp3) is 0.367. The van der Waals surface area contributed by atoms with Gasteiger partial charge in [-0.2, -0.15) is 0 Å². The van der Waals surface area contributed by atoms with Crippen LogP contribution in [0.3, 0.4) is 0 Å². The van der Waals surface area contributed by atoms with E-state index in [2.05, 4.69) is 20.8 Å². The molecule has 1 N–H and O–H groups in total. The monoisotopic (exact) mass is 522 g/mol. The number of aryl methyl sites for hydroxylation is 1. The SMILES string of the molecule is Cc1ccc(N(CC(=O)N(CCCCO)Cc2ccccc2)S(=O)(=O)c2ccc(C(C)(C)C)cc2)cc1. The molecule has 0 aliphatic carbocycles. The van der Waals surface area contributed by atoms with E-state index < -0.39 is 10.0 Å². The van der Waals surface area contributed by atoms with E-state index in [1.807, 2.05) is 61.5 Å². The van der Waals surface area contributed by atoms with Crippen molar-refractivity contribution in [3.05, 3.63) is 95.6 Å². The van der Waals surface area contributed by atoms with Crippen molar-refractivity contribution in [1.29, 1.82) is 0 Å². The van der Waals surface area contributed by atoms with E-state index >= 15 is 0 Å². The second-order valence-corrected chi connectivity index (χ2v) is 12.2. The lowest BCUT2D eigenvalue weighted by atomic mass is 9.87. The van der Waals surface area contributed by atoms with Crippen LogP contribution in [0.2, 0.25) is 0 Å². The van der Waals surface area contributed by atoms with Gasteiger partial charge in [-0.3, -0.25) is 9.10 Å². The molecule has 37 heavy (non-hydrogen) atoms. The molecule has 3 rings (SSSR count). The van der Waals surface area contributed by atoms with Gasteiger partial charge in [0.2, 0.25) is 5.91 Å². The van der Waals surface area contributed by atoms with Gasteiger partial charge in [-0.05, 0) is 60.6 Å². The molecule has 3 aromatic rings. The number of hydrogen-bond acceptors (Lipinski definition) is 4. The first kappa shape index (κ1) is 28.4. The lowest BCUT2D eigenvalue weighted by Crippen LogP contribution is -2.43. The molecule has 0 fully saturated rings. The first-order valence-electron chi connectivity index (χ1n) is 12.6. The van der Waals surface area contributed by atoms with Crippen LogP contribution in [0.1, 0.15) is 50.3 Å². The highest BCUT2D eigenvalue weighted by Gasteiger charge is 2.29. The molecule has 0 saturated carbocycles. The van der Waals surface area contributed by atoms with Crippen LogP contribution in [-0.2, 0) is 26.8 Å². The van der Waals surface area contributed by atoms with E-state index in [9.17, 15) is 18.3 Å². The lowest BCUT2D eigenvalue weighted by Gasteiger charge is -2.29. The molecular weight excluding hydrogens is 484 g/mol. The van der Waals surface area contributed by atoms with E-state index in [4.69, 9.17) is 0 Å². The molecule has 198 valence electrons. The molecule has 0 spiro atoms. The summed E-state index contributed by atoms with van der Waals surface area (Å²) >= 11 is 0. The third-order valence-electron chi connectivity index (χ3n) is 6.31. The number of aliphatic hydroxyl groups is 1. The molecule has 0 saturated heterocycles. The summed E-state index contributed by atoms with van der Waals surface area (Å²) in [7, 11) is -4.01. The lowest BCUT2D eigenvalue weighted by molar-refractivity contribution is -0.130. The van der Waals surface area contributed by atoms with Gasteiger partial charge in [-0.25, -0.2) is 8.42 Å². The van der Waals surface area contributed by atoms with Crippen molar-refractivity contribution in [2.24, 2.45) is 0 Å². The molecule has 1 amide bonds. The Balaban J connectivity index is 1.95. The van der Waals surface area contributed by atoms with Crippen LogP contribution < -0.4 is 4.31 Å². The predicted molar refractivity (Wildman–Crippen MR) is 149 cm³/mol. The van der Waals surface area contributed by atoms with E-state index in [0.717, 1.165) is 16.7 Å². The molecule has 0 bridgehead atoms. The maximum Gasteiger partial charge on any atom is 0.264 e. The van der Waals surface area contributed by atoms with Gasteiger partial charge in [0.15, 0.2) is 0 Å². The summed E-state index contributed by atoms with van der Waals surface area (Å²) < 4.78 is 29.0. The molecule has 0 heterocycles. The van der Waals surface area contributed by atoms with Gasteiger partial charge in [0.1, 0.15) is 6.54 Å². The number of carbonyl (C=O) groups is 1. The van der Waals surface area contributed by atoms with Crippen LogP contribution in [0, 0.1) is 6.92 Å². The van der Waals surface area contributed by atoms with Crippen LogP contribution in [0.4, 0.5) is 5.69 Å². The molecule has 0 radical (unpaired) electrons. The molecule has 6 nitrogen and oxygen atoms in total. The second kappa shape index (κ2) is 12.4. The molecule has 3 aromatic carbocycles. The highest BCUT2D eigenvalue weighted by atomic mass is 32.2. The van der Waals surface area contributed by atoms with E-state index in [1.165, 1.54) is 4.31 Å². The van der Waals surface area contributed by atoms with Gasteiger partial charge in [0.25, 0.3) is 10.0 Å². The molecule has 0 unspecified atom stereocenters. The minimum absolute atomic E-state index is 0.0435. The normalized spacial score (nSPS) is 11.8. The van der Waals surface area contributed by atoms with Crippen molar-refractivity contribution in [1.82, 2.24) is 4.90 Å². The van der Waals surface area contributed by atoms with Gasteiger partial charge in [-0.15, -0.1) is 0 Å². The second-order valence-electron chi connectivity index (χ2n) is 10.4. The van der Waals surface area contributed by atoms with Crippen LogP contribution in [0.5, 0.6) is 0 Å². The third-order valence-corrected chi connectivity index (χ3v) is 8.10. The zero-order chi connectivity index (χ0) is 27.1. The Kier molecular flexibility index (Phi) is 9.51. The zero-order valence-corrected chi connectivity index (χ0v) is 23.0. The summed E-state index contributed by atoms with van der Waals surface area (Å²) in [4.78, 5) is 15.4. The van der Waals surface area contributed by atoms with Gasteiger partial charge in [-0.1, -0.05) is 80.9 Å². The summed E-state index contributed by atoms with van der Waals surface area (Å²) in [5.41, 5.74) is 3.32. The zero-order valence-electron chi connectivity index (χ0n) is 22.2. The number of anilines is 1. The van der Waals surface area contributed by atoms with Gasteiger partial charge in [0.05, 0.1) is 10.6 Å². The van der Waals surface area contributed by atoms with Crippen molar-refractivity contribution in [3.8, 4) is 0 Å². The van der Waals surface area contributed by atoms with Gasteiger partial charge >= 0.3 is 0 Å². The smallest absolute Gasteiger partial charge is 0.264 e. The Morgan fingerprint density at radius 3 is 2.05 bits per heavy atom. The van der Waals surface area contributed by atoms with Crippen LogP contribution >= 0.6 is 0 Å². The summed E-state index contributed by atoms with van der Waals surface area (Å²) in [6.45, 7) is 8.68. The predicted octanol–water partition coefficient (Wildman–Crippen LogP) is 5.29. The number of benzene rings is 3. The quantitative estimate of drug-likeness (QED) is 0.347. The first-order valence-corrected chi connectivity index (χ1v) is 14.1. The highest BCUT2D eigenvalue weighted by Crippen LogP contribution is 2.28. The van der Waals surface area contributed by atoms with Crippen LogP contribution in [0.25, 0.3) is 0 Å². The standard InChI is InChI=1S/C30H38N2O4S/c1-24-12-16-27(17-13-24)32(37(35,36)28-18-14-26(15-19-28)30(2,3)4)23-29(34)31(20-8-9-21-33)22-25-10-6-5-7-11-25/h5-7,10-19,33H,8-9,20-23H2,1-4H3. The third kappa shape index (κ3) is 7.66. The summed E-state index contributed by atoms with van der Waals surface area (Å²) in [6, 6.07) is 23.7. The van der Waals surface area contributed by atoms with Crippen molar-refractivity contribution >= 4 is 21.6 Å². The Hall–Kier alpha value is -3.16. The largest absolute Gasteiger partial charge is 0.396 e. The average Bonchev–Trinajstić information content (AvgIpc) is 2.87. The topological polar surface area (TPSA) is 77.9 Å². The molecule has 0 atom stereocenters. The number of carbonyl (C=O) groups excluding carboxylic acids is 1. The first-order chi connectivity index (χ1) is 17.5. The Bertz CT molecular complexity index is 1250. The number of unbranched alkanes of at least 4 members (excludes halogenated alkanes) is 1. The fourth-order valence-corrected chi connectivity index (χ4v) is 5.43. The fourth-order valence-electron chi connectivity index (χ4n) is 4.01. The van der Waals surface area contributed by atoms with E-state index in [1.54, 1.807) is 29.2 Å². The number of hydrogen-bond donors (Lipinski definition) is 1. The van der Waals surface area contributed by atoms with Crippen molar-refractivity contribution in [3.63, 3.8) is 0 Å². The van der Waals surface area contributed by atoms with Crippen molar-refractivity contribution in [2.75, 3.05) is 24.0 Å². The molecular formula is C30H38N2O4S. The Morgan fingerprint density at radius 1 is 0.865 bits per heavy atom. The van der Waals surface area contributed by atoms with Crippen molar-refractivity contribution in [2.45, 2.75) is 57.4 Å².